The molecule has 2 aromatic rings. The van der Waals surface area contributed by atoms with Crippen LogP contribution in [0.2, 0.25) is 5.02 Å². The highest BCUT2D eigenvalue weighted by atomic mass is 35.5. The van der Waals surface area contributed by atoms with Crippen LogP contribution in [0.4, 0.5) is 11.6 Å². The van der Waals surface area contributed by atoms with Crippen LogP contribution in [-0.2, 0) is 6.54 Å². The van der Waals surface area contributed by atoms with E-state index in [1.54, 1.807) is 0 Å². The van der Waals surface area contributed by atoms with Crippen LogP contribution >= 0.6 is 23.4 Å². The number of halogens is 1. The first-order chi connectivity index (χ1) is 9.10. The summed E-state index contributed by atoms with van der Waals surface area (Å²) in [6.45, 7) is 0.666. The average Bonchev–Trinajstić information content (AvgIpc) is 2.32. The van der Waals surface area contributed by atoms with E-state index in [1.165, 1.54) is 17.8 Å². The Hall–Kier alpha value is -1.50. The van der Waals surface area contributed by atoms with Crippen molar-refractivity contribution in [2.75, 3.05) is 18.5 Å². The summed E-state index contributed by atoms with van der Waals surface area (Å²) in [4.78, 5) is 9.27. The molecule has 1 heterocycles. The van der Waals surface area contributed by atoms with Gasteiger partial charge in [0.25, 0.3) is 0 Å². The standard InChI is InChI=1S/C12H14ClN5S/c1-16-6-7-8(13)3-2-4-9(7)19-12-17-10(14)5-11(15)18-12/h2-5,16H,6H2,1H3,(H4,14,15,17,18). The van der Waals surface area contributed by atoms with Gasteiger partial charge >= 0.3 is 0 Å². The lowest BCUT2D eigenvalue weighted by molar-refractivity contribution is 0.803. The Bertz CT molecular complexity index is 570. The van der Waals surface area contributed by atoms with Crippen molar-refractivity contribution in [2.24, 2.45) is 0 Å². The Balaban J connectivity index is 2.34. The predicted octanol–water partition coefficient (Wildman–Crippen LogP) is 2.17. The molecular weight excluding hydrogens is 282 g/mol. The number of hydrogen-bond donors (Lipinski definition) is 3. The predicted molar refractivity (Wildman–Crippen MR) is 79.2 cm³/mol. The molecule has 0 unspecified atom stereocenters. The largest absolute Gasteiger partial charge is 0.383 e. The number of nitrogen functional groups attached to an aromatic ring is 2. The third-order valence-corrected chi connectivity index (χ3v) is 3.70. The summed E-state index contributed by atoms with van der Waals surface area (Å²) in [6, 6.07) is 7.23. The van der Waals surface area contributed by atoms with Crippen LogP contribution in [-0.4, -0.2) is 17.0 Å². The zero-order chi connectivity index (χ0) is 13.8. The van der Waals surface area contributed by atoms with Crippen LogP contribution in [0.3, 0.4) is 0 Å². The Morgan fingerprint density at radius 2 is 1.95 bits per heavy atom. The van der Waals surface area contributed by atoms with Gasteiger partial charge < -0.3 is 16.8 Å². The van der Waals surface area contributed by atoms with Crippen LogP contribution in [0.1, 0.15) is 5.56 Å². The zero-order valence-corrected chi connectivity index (χ0v) is 11.9. The van der Waals surface area contributed by atoms with E-state index in [0.717, 1.165) is 10.5 Å². The van der Waals surface area contributed by atoms with Gasteiger partial charge in [-0.3, -0.25) is 0 Å². The molecule has 0 saturated carbocycles. The van der Waals surface area contributed by atoms with Crippen molar-refractivity contribution >= 4 is 35.0 Å². The van der Waals surface area contributed by atoms with E-state index < -0.39 is 0 Å². The summed E-state index contributed by atoms with van der Waals surface area (Å²) >= 11 is 7.58. The lowest BCUT2D eigenvalue weighted by atomic mass is 10.2. The lowest BCUT2D eigenvalue weighted by Gasteiger charge is -2.10. The van der Waals surface area contributed by atoms with Crippen LogP contribution in [0, 0.1) is 0 Å². The molecule has 0 aliphatic rings. The molecule has 0 atom stereocenters. The first-order valence-corrected chi connectivity index (χ1v) is 6.79. The second-order valence-electron chi connectivity index (χ2n) is 3.85. The minimum atomic E-state index is 0.354. The molecule has 5 N–H and O–H groups in total. The molecule has 1 aromatic carbocycles. The van der Waals surface area contributed by atoms with Crippen molar-refractivity contribution < 1.29 is 0 Å². The Labute approximate surface area is 120 Å². The summed E-state index contributed by atoms with van der Waals surface area (Å²) in [5, 5.41) is 4.30. The van der Waals surface area contributed by atoms with Gasteiger partial charge in [0.15, 0.2) is 5.16 Å². The van der Waals surface area contributed by atoms with Gasteiger partial charge in [-0.25, -0.2) is 9.97 Å². The van der Waals surface area contributed by atoms with Gasteiger partial charge in [0.05, 0.1) is 0 Å². The van der Waals surface area contributed by atoms with Gasteiger partial charge in [0, 0.05) is 22.5 Å². The van der Waals surface area contributed by atoms with Gasteiger partial charge in [0.1, 0.15) is 11.6 Å². The molecule has 0 bridgehead atoms. The minimum absolute atomic E-state index is 0.354. The SMILES string of the molecule is CNCc1c(Cl)cccc1Sc1nc(N)cc(N)n1. The lowest BCUT2D eigenvalue weighted by Crippen LogP contribution is -2.07. The molecule has 0 aliphatic carbocycles. The molecule has 19 heavy (non-hydrogen) atoms. The van der Waals surface area contributed by atoms with Crippen LogP contribution in [0.5, 0.6) is 0 Å². The van der Waals surface area contributed by atoms with E-state index in [2.05, 4.69) is 15.3 Å². The van der Waals surface area contributed by atoms with E-state index in [4.69, 9.17) is 23.1 Å². The van der Waals surface area contributed by atoms with Crippen LogP contribution in [0.15, 0.2) is 34.3 Å². The fraction of sp³-hybridized carbons (Fsp3) is 0.167. The van der Waals surface area contributed by atoms with Gasteiger partial charge in [0.2, 0.25) is 0 Å². The summed E-state index contributed by atoms with van der Waals surface area (Å²) in [7, 11) is 1.87. The number of benzene rings is 1. The van der Waals surface area contributed by atoms with Crippen molar-refractivity contribution in [2.45, 2.75) is 16.6 Å². The second-order valence-corrected chi connectivity index (χ2v) is 5.27. The molecule has 7 heteroatoms. The Kier molecular flexibility index (Phi) is 4.47. The molecule has 5 nitrogen and oxygen atoms in total. The van der Waals surface area contributed by atoms with E-state index >= 15 is 0 Å². The molecule has 100 valence electrons. The highest BCUT2D eigenvalue weighted by Crippen LogP contribution is 2.32. The molecule has 0 radical (unpaired) electrons. The summed E-state index contributed by atoms with van der Waals surface area (Å²) in [5.41, 5.74) is 12.3. The Morgan fingerprint density at radius 3 is 2.58 bits per heavy atom. The van der Waals surface area contributed by atoms with E-state index in [0.29, 0.717) is 28.4 Å². The molecule has 2 rings (SSSR count). The fourth-order valence-electron chi connectivity index (χ4n) is 1.59. The quantitative estimate of drug-likeness (QED) is 0.749. The first-order valence-electron chi connectivity index (χ1n) is 5.60. The number of anilines is 2. The van der Waals surface area contributed by atoms with Gasteiger partial charge in [-0.1, -0.05) is 17.7 Å². The first kappa shape index (κ1) is 13.9. The number of hydrogen-bond acceptors (Lipinski definition) is 6. The smallest absolute Gasteiger partial charge is 0.196 e. The maximum atomic E-state index is 6.19. The maximum absolute atomic E-state index is 6.19. The van der Waals surface area contributed by atoms with Crippen LogP contribution in [0.25, 0.3) is 0 Å². The third kappa shape index (κ3) is 3.50. The number of nitrogens with one attached hydrogen (secondary N) is 1. The van der Waals surface area contributed by atoms with Crippen molar-refractivity contribution in [3.05, 3.63) is 34.9 Å². The molecule has 0 saturated heterocycles. The summed E-state index contributed by atoms with van der Waals surface area (Å²) in [5.74, 6) is 0.708. The maximum Gasteiger partial charge on any atom is 0.196 e. The minimum Gasteiger partial charge on any atom is -0.383 e. The normalized spacial score (nSPS) is 10.6. The summed E-state index contributed by atoms with van der Waals surface area (Å²) in [6.07, 6.45) is 0. The molecule has 0 spiro atoms. The highest BCUT2D eigenvalue weighted by molar-refractivity contribution is 7.99. The zero-order valence-electron chi connectivity index (χ0n) is 10.4. The average molecular weight is 296 g/mol. The number of aromatic nitrogens is 2. The van der Waals surface area contributed by atoms with Gasteiger partial charge in [-0.2, -0.15) is 0 Å². The van der Waals surface area contributed by atoms with Crippen molar-refractivity contribution in [1.82, 2.24) is 15.3 Å². The van der Waals surface area contributed by atoms with Gasteiger partial charge in [-0.05, 0) is 36.5 Å². The number of nitrogens with zero attached hydrogens (tertiary/aromatic N) is 2. The van der Waals surface area contributed by atoms with Gasteiger partial charge in [-0.15, -0.1) is 0 Å². The van der Waals surface area contributed by atoms with E-state index in [9.17, 15) is 0 Å². The molecule has 0 amide bonds. The second kappa shape index (κ2) is 6.10. The van der Waals surface area contributed by atoms with E-state index in [-0.39, 0.29) is 0 Å². The number of nitrogens with two attached hydrogens (primary N) is 2. The van der Waals surface area contributed by atoms with E-state index in [1.807, 2.05) is 25.2 Å². The fourth-order valence-corrected chi connectivity index (χ4v) is 2.84. The molecule has 0 fully saturated rings. The third-order valence-electron chi connectivity index (χ3n) is 2.38. The molecule has 0 aliphatic heterocycles. The topological polar surface area (TPSA) is 89.8 Å². The molecule has 1 aromatic heterocycles. The highest BCUT2D eigenvalue weighted by Gasteiger charge is 2.10. The van der Waals surface area contributed by atoms with Crippen molar-refractivity contribution in [3.63, 3.8) is 0 Å². The molecular formula is C12H14ClN5S. The Morgan fingerprint density at radius 1 is 1.26 bits per heavy atom. The van der Waals surface area contributed by atoms with Crippen molar-refractivity contribution in [1.29, 1.82) is 0 Å². The number of rotatable bonds is 4. The van der Waals surface area contributed by atoms with Crippen molar-refractivity contribution in [3.8, 4) is 0 Å². The monoisotopic (exact) mass is 295 g/mol. The summed E-state index contributed by atoms with van der Waals surface area (Å²) < 4.78 is 0. The van der Waals surface area contributed by atoms with Crippen LogP contribution < -0.4 is 16.8 Å².